The zero-order chi connectivity index (χ0) is 11.8. The molecule has 6 heteroatoms. The minimum absolute atomic E-state index is 0.240. The zero-order valence-corrected chi connectivity index (χ0v) is 9.44. The van der Waals surface area contributed by atoms with Gasteiger partial charge in [-0.2, -0.15) is 0 Å². The van der Waals surface area contributed by atoms with E-state index in [1.54, 1.807) is 0 Å². The Bertz CT molecular complexity index is 320. The number of methoxy groups -OCH3 is 1. The third-order valence-corrected chi connectivity index (χ3v) is 2.16. The van der Waals surface area contributed by atoms with E-state index in [0.717, 1.165) is 25.8 Å². The van der Waals surface area contributed by atoms with Crippen molar-refractivity contribution in [2.45, 2.75) is 19.3 Å². The predicted octanol–water partition coefficient (Wildman–Crippen LogP) is 0.642. The average molecular weight is 226 g/mol. The van der Waals surface area contributed by atoms with Gasteiger partial charge in [0.15, 0.2) is 11.6 Å². The highest BCUT2D eigenvalue weighted by molar-refractivity contribution is 5.61. The largest absolute Gasteiger partial charge is 0.490 e. The van der Waals surface area contributed by atoms with Crippen molar-refractivity contribution >= 4 is 11.6 Å². The second-order valence-corrected chi connectivity index (χ2v) is 3.35. The molecule has 1 aromatic heterocycles. The molecule has 0 unspecified atom stereocenters. The van der Waals surface area contributed by atoms with Crippen molar-refractivity contribution in [3.63, 3.8) is 0 Å². The van der Waals surface area contributed by atoms with Crippen LogP contribution in [0.4, 0.5) is 11.6 Å². The highest BCUT2D eigenvalue weighted by Gasteiger charge is 2.07. The summed E-state index contributed by atoms with van der Waals surface area (Å²) in [6.45, 7) is 1.01. The monoisotopic (exact) mass is 226 g/mol. The first-order valence-electron chi connectivity index (χ1n) is 5.28. The fourth-order valence-electron chi connectivity index (χ4n) is 1.33. The summed E-state index contributed by atoms with van der Waals surface area (Å²) >= 11 is 0. The lowest BCUT2D eigenvalue weighted by Gasteiger charge is -2.10. The van der Waals surface area contributed by atoms with Gasteiger partial charge in [0, 0.05) is 13.2 Å². The molecule has 6 nitrogen and oxygen atoms in total. The first kappa shape index (κ1) is 12.5. The van der Waals surface area contributed by atoms with E-state index < -0.39 is 0 Å². The van der Waals surface area contributed by atoms with Crippen LogP contribution in [0.3, 0.4) is 0 Å². The summed E-state index contributed by atoms with van der Waals surface area (Å²) in [7, 11) is 1.53. The van der Waals surface area contributed by atoms with Crippen molar-refractivity contribution in [2.75, 3.05) is 31.3 Å². The fourth-order valence-corrected chi connectivity index (χ4v) is 1.33. The summed E-state index contributed by atoms with van der Waals surface area (Å²) < 4.78 is 5.10. The molecule has 0 bridgehead atoms. The Morgan fingerprint density at radius 3 is 2.88 bits per heavy atom. The van der Waals surface area contributed by atoms with Gasteiger partial charge in [-0.1, -0.05) is 0 Å². The van der Waals surface area contributed by atoms with Crippen LogP contribution in [0.25, 0.3) is 0 Å². The molecule has 1 aromatic rings. The Labute approximate surface area is 94.9 Å². The number of rotatable bonds is 7. The molecule has 0 aromatic carbocycles. The number of nitrogens with zero attached hydrogens (tertiary/aromatic N) is 2. The third-order valence-electron chi connectivity index (χ3n) is 2.16. The summed E-state index contributed by atoms with van der Waals surface area (Å²) in [4.78, 5) is 7.89. The Balaban J connectivity index is 2.44. The minimum atomic E-state index is 0.240. The molecule has 0 atom stereocenters. The van der Waals surface area contributed by atoms with E-state index in [9.17, 15) is 0 Å². The Kier molecular flexibility index (Phi) is 5.35. The normalized spacial score (nSPS) is 10.1. The first-order chi connectivity index (χ1) is 7.79. The van der Waals surface area contributed by atoms with Gasteiger partial charge in [-0.3, -0.25) is 0 Å². The molecular formula is C10H18N4O2. The average Bonchev–Trinajstić information content (AvgIpc) is 2.29. The van der Waals surface area contributed by atoms with Crippen LogP contribution in [0.15, 0.2) is 6.33 Å². The Morgan fingerprint density at radius 1 is 1.38 bits per heavy atom. The number of nitrogens with one attached hydrogen (secondary N) is 1. The number of anilines is 2. The Hall–Kier alpha value is -1.56. The third kappa shape index (κ3) is 3.54. The summed E-state index contributed by atoms with van der Waals surface area (Å²) in [6.07, 6.45) is 4.17. The Morgan fingerprint density at radius 2 is 2.19 bits per heavy atom. The summed E-state index contributed by atoms with van der Waals surface area (Å²) in [5.74, 6) is 1.42. The molecule has 1 rings (SSSR count). The van der Waals surface area contributed by atoms with E-state index in [2.05, 4.69) is 15.3 Å². The van der Waals surface area contributed by atoms with Gasteiger partial charge >= 0.3 is 0 Å². The molecule has 0 radical (unpaired) electrons. The number of aliphatic hydroxyl groups is 1. The number of unbranched alkanes of at least 4 members (excludes halogenated alkanes) is 2. The van der Waals surface area contributed by atoms with Crippen LogP contribution in [-0.4, -0.2) is 35.3 Å². The van der Waals surface area contributed by atoms with Gasteiger partial charge in [0.25, 0.3) is 0 Å². The molecule has 0 amide bonds. The zero-order valence-electron chi connectivity index (χ0n) is 9.44. The topological polar surface area (TPSA) is 93.3 Å². The van der Waals surface area contributed by atoms with Crippen LogP contribution in [0.1, 0.15) is 19.3 Å². The second kappa shape index (κ2) is 6.84. The van der Waals surface area contributed by atoms with E-state index in [1.807, 2.05) is 0 Å². The van der Waals surface area contributed by atoms with Crippen LogP contribution in [0.2, 0.25) is 0 Å². The van der Waals surface area contributed by atoms with E-state index >= 15 is 0 Å². The molecule has 0 saturated carbocycles. The summed E-state index contributed by atoms with van der Waals surface area (Å²) in [5, 5.41) is 11.7. The predicted molar refractivity (Wildman–Crippen MR) is 62.4 cm³/mol. The number of nitrogen functional groups attached to an aromatic ring is 1. The van der Waals surface area contributed by atoms with Crippen molar-refractivity contribution in [3.05, 3.63) is 6.33 Å². The molecule has 0 aliphatic rings. The standard InChI is InChI=1S/C10H18N4O2/c1-16-8-9(11)13-7-14-10(8)12-5-3-2-4-6-15/h7,15H,2-6H2,1H3,(H3,11,12,13,14). The molecule has 0 saturated heterocycles. The minimum Gasteiger partial charge on any atom is -0.490 e. The SMILES string of the molecule is COc1c(N)ncnc1NCCCCCO. The molecule has 0 spiro atoms. The number of aliphatic hydroxyl groups excluding tert-OH is 1. The fraction of sp³-hybridized carbons (Fsp3) is 0.600. The van der Waals surface area contributed by atoms with Crippen LogP contribution in [-0.2, 0) is 0 Å². The molecule has 4 N–H and O–H groups in total. The molecule has 0 aliphatic heterocycles. The first-order valence-corrected chi connectivity index (χ1v) is 5.28. The lowest BCUT2D eigenvalue weighted by Crippen LogP contribution is -2.07. The van der Waals surface area contributed by atoms with E-state index in [-0.39, 0.29) is 6.61 Å². The molecule has 90 valence electrons. The van der Waals surface area contributed by atoms with E-state index in [1.165, 1.54) is 13.4 Å². The molecule has 0 aliphatic carbocycles. The smallest absolute Gasteiger partial charge is 0.203 e. The maximum absolute atomic E-state index is 8.62. The maximum Gasteiger partial charge on any atom is 0.203 e. The van der Waals surface area contributed by atoms with Crippen molar-refractivity contribution in [1.29, 1.82) is 0 Å². The summed E-state index contributed by atoms with van der Waals surface area (Å²) in [6, 6.07) is 0. The number of ether oxygens (including phenoxy) is 1. The molecule has 1 heterocycles. The molecule has 0 fully saturated rings. The van der Waals surface area contributed by atoms with Gasteiger partial charge in [0.1, 0.15) is 6.33 Å². The summed E-state index contributed by atoms with van der Waals surface area (Å²) in [5.41, 5.74) is 5.63. The lowest BCUT2D eigenvalue weighted by atomic mass is 10.2. The van der Waals surface area contributed by atoms with Crippen molar-refractivity contribution in [2.24, 2.45) is 0 Å². The quantitative estimate of drug-likeness (QED) is 0.591. The number of hydrogen-bond donors (Lipinski definition) is 3. The molecule has 16 heavy (non-hydrogen) atoms. The number of aromatic nitrogens is 2. The van der Waals surface area contributed by atoms with Gasteiger partial charge in [-0.25, -0.2) is 9.97 Å². The van der Waals surface area contributed by atoms with Crippen LogP contribution in [0.5, 0.6) is 5.75 Å². The van der Waals surface area contributed by atoms with E-state index in [4.69, 9.17) is 15.6 Å². The van der Waals surface area contributed by atoms with E-state index in [0.29, 0.717) is 17.4 Å². The van der Waals surface area contributed by atoms with Gasteiger partial charge < -0.3 is 20.9 Å². The van der Waals surface area contributed by atoms with Crippen LogP contribution in [0, 0.1) is 0 Å². The number of nitrogens with two attached hydrogens (primary N) is 1. The van der Waals surface area contributed by atoms with Crippen LogP contribution >= 0.6 is 0 Å². The number of hydrogen-bond acceptors (Lipinski definition) is 6. The lowest BCUT2D eigenvalue weighted by molar-refractivity contribution is 0.283. The highest BCUT2D eigenvalue weighted by atomic mass is 16.5. The maximum atomic E-state index is 8.62. The second-order valence-electron chi connectivity index (χ2n) is 3.35. The van der Waals surface area contributed by atoms with Gasteiger partial charge in [0.2, 0.25) is 5.75 Å². The molecular weight excluding hydrogens is 208 g/mol. The highest BCUT2D eigenvalue weighted by Crippen LogP contribution is 2.25. The van der Waals surface area contributed by atoms with Crippen molar-refractivity contribution in [3.8, 4) is 5.75 Å². The van der Waals surface area contributed by atoms with Crippen molar-refractivity contribution < 1.29 is 9.84 Å². The van der Waals surface area contributed by atoms with Gasteiger partial charge in [-0.05, 0) is 19.3 Å². The van der Waals surface area contributed by atoms with Gasteiger partial charge in [0.05, 0.1) is 7.11 Å². The van der Waals surface area contributed by atoms with Crippen molar-refractivity contribution in [1.82, 2.24) is 9.97 Å². The van der Waals surface area contributed by atoms with Gasteiger partial charge in [-0.15, -0.1) is 0 Å². The van der Waals surface area contributed by atoms with Crippen LogP contribution < -0.4 is 15.8 Å².